The molecule has 1 aliphatic heterocycles. The van der Waals surface area contributed by atoms with Gasteiger partial charge in [0.25, 0.3) is 0 Å². The lowest BCUT2D eigenvalue weighted by Crippen LogP contribution is -2.41. The van der Waals surface area contributed by atoms with Crippen LogP contribution in [0.5, 0.6) is 5.75 Å². The first kappa shape index (κ1) is 21.4. The molecule has 27 heavy (non-hydrogen) atoms. The van der Waals surface area contributed by atoms with E-state index < -0.39 is 10.0 Å². The SMILES string of the molecule is CCOc1ccc(C(=O)CCC(=O)NCC2CCN(S(C)(=O)=O)CC2)cc1. The molecule has 0 saturated carbocycles. The fourth-order valence-corrected chi connectivity index (χ4v) is 3.94. The molecule has 0 spiro atoms. The predicted octanol–water partition coefficient (Wildman–Crippen LogP) is 1.84. The molecule has 1 amide bonds. The Hall–Kier alpha value is -1.93. The van der Waals surface area contributed by atoms with Crippen LogP contribution in [0.25, 0.3) is 0 Å². The molecule has 1 aliphatic rings. The summed E-state index contributed by atoms with van der Waals surface area (Å²) in [5.74, 6) is 0.761. The number of amides is 1. The summed E-state index contributed by atoms with van der Waals surface area (Å²) >= 11 is 0. The van der Waals surface area contributed by atoms with Crippen molar-refractivity contribution >= 4 is 21.7 Å². The Morgan fingerprint density at radius 1 is 1.15 bits per heavy atom. The molecule has 150 valence electrons. The molecule has 0 bridgehead atoms. The lowest BCUT2D eigenvalue weighted by molar-refractivity contribution is -0.121. The standard InChI is InChI=1S/C19H28N2O5S/c1-3-26-17-6-4-16(5-7-17)18(22)8-9-19(23)20-14-15-10-12-21(13-11-15)27(2,24)25/h4-7,15H,3,8-14H2,1-2H3,(H,20,23). The minimum absolute atomic E-state index is 0.0744. The van der Waals surface area contributed by atoms with E-state index in [0.29, 0.717) is 37.6 Å². The zero-order valence-corrected chi connectivity index (χ0v) is 16.8. The molecule has 7 nitrogen and oxygen atoms in total. The highest BCUT2D eigenvalue weighted by molar-refractivity contribution is 7.88. The summed E-state index contributed by atoms with van der Waals surface area (Å²) in [5.41, 5.74) is 0.569. The van der Waals surface area contributed by atoms with E-state index in [-0.39, 0.29) is 30.4 Å². The Morgan fingerprint density at radius 3 is 2.33 bits per heavy atom. The van der Waals surface area contributed by atoms with E-state index in [0.717, 1.165) is 12.8 Å². The van der Waals surface area contributed by atoms with Crippen molar-refractivity contribution in [2.24, 2.45) is 5.92 Å². The normalized spacial score (nSPS) is 16.1. The zero-order chi connectivity index (χ0) is 19.9. The number of ketones is 1. The number of ether oxygens (including phenoxy) is 1. The summed E-state index contributed by atoms with van der Waals surface area (Å²) in [5, 5.41) is 2.86. The van der Waals surface area contributed by atoms with Gasteiger partial charge in [0.15, 0.2) is 5.78 Å². The third-order valence-electron chi connectivity index (χ3n) is 4.70. The minimum Gasteiger partial charge on any atom is -0.494 e. The smallest absolute Gasteiger partial charge is 0.220 e. The number of carbonyl (C=O) groups excluding carboxylic acids is 2. The van der Waals surface area contributed by atoms with Gasteiger partial charge in [0.05, 0.1) is 12.9 Å². The number of piperidine rings is 1. The van der Waals surface area contributed by atoms with Crippen LogP contribution in [0.4, 0.5) is 0 Å². The molecule has 1 aromatic rings. The Morgan fingerprint density at radius 2 is 1.78 bits per heavy atom. The number of nitrogens with zero attached hydrogens (tertiary/aromatic N) is 1. The largest absolute Gasteiger partial charge is 0.494 e. The number of hydrogen-bond acceptors (Lipinski definition) is 5. The van der Waals surface area contributed by atoms with Gasteiger partial charge in [-0.1, -0.05) is 0 Å². The monoisotopic (exact) mass is 396 g/mol. The van der Waals surface area contributed by atoms with E-state index in [2.05, 4.69) is 5.32 Å². The number of hydrogen-bond donors (Lipinski definition) is 1. The Kier molecular flexibility index (Phi) is 7.79. The maximum atomic E-state index is 12.2. The second kappa shape index (κ2) is 9.85. The van der Waals surface area contributed by atoms with E-state index in [1.807, 2.05) is 6.92 Å². The number of carbonyl (C=O) groups is 2. The summed E-state index contributed by atoms with van der Waals surface area (Å²) in [7, 11) is -3.13. The highest BCUT2D eigenvalue weighted by atomic mass is 32.2. The van der Waals surface area contributed by atoms with Crippen molar-refractivity contribution in [2.45, 2.75) is 32.6 Å². The summed E-state index contributed by atoms with van der Waals surface area (Å²) in [6, 6.07) is 6.92. The van der Waals surface area contributed by atoms with Crippen LogP contribution in [0.1, 0.15) is 43.0 Å². The van der Waals surface area contributed by atoms with Gasteiger partial charge in [-0.15, -0.1) is 0 Å². The zero-order valence-electron chi connectivity index (χ0n) is 15.9. The maximum absolute atomic E-state index is 12.2. The number of sulfonamides is 1. The second-order valence-corrected chi connectivity index (χ2v) is 8.77. The van der Waals surface area contributed by atoms with Gasteiger partial charge in [-0.25, -0.2) is 12.7 Å². The van der Waals surface area contributed by atoms with Crippen LogP contribution < -0.4 is 10.1 Å². The molecule has 1 fully saturated rings. The van der Waals surface area contributed by atoms with Crippen LogP contribution in [-0.2, 0) is 14.8 Å². The third kappa shape index (κ3) is 6.95. The first-order chi connectivity index (χ1) is 12.8. The average Bonchev–Trinajstić information content (AvgIpc) is 2.65. The lowest BCUT2D eigenvalue weighted by atomic mass is 9.98. The molecule has 0 aliphatic carbocycles. The molecule has 1 heterocycles. The first-order valence-electron chi connectivity index (χ1n) is 9.27. The van der Waals surface area contributed by atoms with Crippen molar-refractivity contribution in [2.75, 3.05) is 32.5 Å². The molecule has 1 saturated heterocycles. The third-order valence-corrected chi connectivity index (χ3v) is 6.00. The lowest BCUT2D eigenvalue weighted by Gasteiger charge is -2.30. The van der Waals surface area contributed by atoms with Crippen LogP contribution in [0.15, 0.2) is 24.3 Å². The van der Waals surface area contributed by atoms with Gasteiger partial charge in [0.2, 0.25) is 15.9 Å². The molecular weight excluding hydrogens is 368 g/mol. The van der Waals surface area contributed by atoms with Gasteiger partial charge < -0.3 is 10.1 Å². The maximum Gasteiger partial charge on any atom is 0.220 e. The molecule has 2 rings (SSSR count). The summed E-state index contributed by atoms with van der Waals surface area (Å²) in [6.45, 7) is 3.98. The fourth-order valence-electron chi connectivity index (χ4n) is 3.07. The van der Waals surface area contributed by atoms with Gasteiger partial charge in [-0.3, -0.25) is 9.59 Å². The van der Waals surface area contributed by atoms with Crippen LogP contribution in [0.3, 0.4) is 0 Å². The number of benzene rings is 1. The summed E-state index contributed by atoms with van der Waals surface area (Å²) in [4.78, 5) is 24.2. The van der Waals surface area contributed by atoms with E-state index in [1.54, 1.807) is 24.3 Å². The van der Waals surface area contributed by atoms with Gasteiger partial charge >= 0.3 is 0 Å². The van der Waals surface area contributed by atoms with Crippen LogP contribution in [0, 0.1) is 5.92 Å². The van der Waals surface area contributed by atoms with Crippen molar-refractivity contribution < 1.29 is 22.7 Å². The summed E-state index contributed by atoms with van der Waals surface area (Å²) < 4.78 is 29.8. The van der Waals surface area contributed by atoms with Crippen LogP contribution >= 0.6 is 0 Å². The van der Waals surface area contributed by atoms with Crippen LogP contribution in [0.2, 0.25) is 0 Å². The van der Waals surface area contributed by atoms with Crippen molar-refractivity contribution in [1.29, 1.82) is 0 Å². The molecule has 0 unspecified atom stereocenters. The second-order valence-electron chi connectivity index (χ2n) is 6.79. The minimum atomic E-state index is -3.13. The molecule has 1 aromatic carbocycles. The molecule has 8 heteroatoms. The molecular formula is C19H28N2O5S. The van der Waals surface area contributed by atoms with Gasteiger partial charge in [0.1, 0.15) is 5.75 Å². The number of nitrogens with one attached hydrogen (secondary N) is 1. The quantitative estimate of drug-likeness (QED) is 0.643. The highest BCUT2D eigenvalue weighted by Gasteiger charge is 2.25. The van der Waals surface area contributed by atoms with Crippen molar-refractivity contribution in [3.63, 3.8) is 0 Å². The van der Waals surface area contributed by atoms with E-state index in [9.17, 15) is 18.0 Å². The van der Waals surface area contributed by atoms with E-state index >= 15 is 0 Å². The first-order valence-corrected chi connectivity index (χ1v) is 11.1. The van der Waals surface area contributed by atoms with E-state index in [1.165, 1.54) is 10.6 Å². The fraction of sp³-hybridized carbons (Fsp3) is 0.579. The predicted molar refractivity (Wildman–Crippen MR) is 103 cm³/mol. The Bertz CT molecular complexity index is 738. The molecule has 0 aromatic heterocycles. The number of Topliss-reactive ketones (excluding diaryl/α,β-unsaturated/α-hetero) is 1. The van der Waals surface area contributed by atoms with Crippen molar-refractivity contribution in [3.8, 4) is 5.75 Å². The highest BCUT2D eigenvalue weighted by Crippen LogP contribution is 2.18. The van der Waals surface area contributed by atoms with Crippen molar-refractivity contribution in [1.82, 2.24) is 9.62 Å². The average molecular weight is 397 g/mol. The van der Waals surface area contributed by atoms with E-state index in [4.69, 9.17) is 4.74 Å². The molecule has 0 radical (unpaired) electrons. The topological polar surface area (TPSA) is 92.8 Å². The van der Waals surface area contributed by atoms with Crippen molar-refractivity contribution in [3.05, 3.63) is 29.8 Å². The summed E-state index contributed by atoms with van der Waals surface area (Å²) in [6.07, 6.45) is 2.99. The number of rotatable bonds is 9. The Labute approximate surface area is 161 Å². The van der Waals surface area contributed by atoms with Crippen LogP contribution in [-0.4, -0.2) is 56.9 Å². The van der Waals surface area contributed by atoms with Gasteiger partial charge in [0, 0.05) is 38.0 Å². The van der Waals surface area contributed by atoms with Gasteiger partial charge in [-0.05, 0) is 49.9 Å². The molecule has 0 atom stereocenters. The van der Waals surface area contributed by atoms with Gasteiger partial charge in [-0.2, -0.15) is 0 Å². The Balaban J connectivity index is 1.68. The molecule has 1 N–H and O–H groups in total.